The molecular weight excluding hydrogens is 451 g/mol. The molecule has 0 amide bonds. The lowest BCUT2D eigenvalue weighted by atomic mass is 9.98. The van der Waals surface area contributed by atoms with Crippen molar-refractivity contribution in [3.05, 3.63) is 67.2 Å². The molecule has 0 heterocycles. The van der Waals surface area contributed by atoms with Gasteiger partial charge in [-0.1, -0.05) is 22.9 Å². The monoisotopic (exact) mass is 465 g/mol. The molecule has 0 saturated carbocycles. The van der Waals surface area contributed by atoms with Gasteiger partial charge in [0.25, 0.3) is 0 Å². The van der Waals surface area contributed by atoms with Crippen LogP contribution in [-0.2, 0) is 0 Å². The Morgan fingerprint density at radius 3 is 2.62 bits per heavy atom. The Labute approximate surface area is 145 Å². The van der Waals surface area contributed by atoms with Gasteiger partial charge in [-0.25, -0.2) is 8.78 Å². The SMILES string of the molecule is CCCNC(c1cc(F)ccc1F)c1cc(Br)ccc1I. The zero-order chi connectivity index (χ0) is 15.4. The average Bonchev–Trinajstić information content (AvgIpc) is 2.46. The molecule has 2 aromatic rings. The molecule has 0 radical (unpaired) electrons. The van der Waals surface area contributed by atoms with Crippen molar-refractivity contribution < 1.29 is 8.78 Å². The lowest BCUT2D eigenvalue weighted by Crippen LogP contribution is -2.25. The van der Waals surface area contributed by atoms with Gasteiger partial charge in [0.1, 0.15) is 11.6 Å². The minimum Gasteiger partial charge on any atom is -0.306 e. The van der Waals surface area contributed by atoms with E-state index in [0.717, 1.165) is 32.6 Å². The highest BCUT2D eigenvalue weighted by Gasteiger charge is 2.20. The second kappa shape index (κ2) is 7.65. The Kier molecular flexibility index (Phi) is 6.13. The van der Waals surface area contributed by atoms with Crippen LogP contribution in [0.2, 0.25) is 0 Å². The van der Waals surface area contributed by atoms with E-state index in [0.29, 0.717) is 5.56 Å². The molecule has 0 aliphatic rings. The summed E-state index contributed by atoms with van der Waals surface area (Å²) in [5, 5.41) is 3.31. The van der Waals surface area contributed by atoms with Crippen LogP contribution >= 0.6 is 38.5 Å². The van der Waals surface area contributed by atoms with E-state index >= 15 is 0 Å². The van der Waals surface area contributed by atoms with Crippen LogP contribution in [0, 0.1) is 15.2 Å². The molecule has 0 aliphatic heterocycles. The summed E-state index contributed by atoms with van der Waals surface area (Å²) in [6.45, 7) is 2.76. The van der Waals surface area contributed by atoms with Crippen molar-refractivity contribution in [2.45, 2.75) is 19.4 Å². The van der Waals surface area contributed by atoms with Gasteiger partial charge in [0, 0.05) is 13.6 Å². The molecule has 0 fully saturated rings. The van der Waals surface area contributed by atoms with Gasteiger partial charge in [-0.05, 0) is 77.5 Å². The van der Waals surface area contributed by atoms with Gasteiger partial charge in [-0.2, -0.15) is 0 Å². The predicted octanol–water partition coefficient (Wildman–Crippen LogP) is 5.42. The largest absolute Gasteiger partial charge is 0.306 e. The maximum atomic E-state index is 14.1. The average molecular weight is 466 g/mol. The first-order valence-corrected chi connectivity index (χ1v) is 8.53. The normalized spacial score (nSPS) is 12.4. The van der Waals surface area contributed by atoms with Crippen LogP contribution in [0.1, 0.15) is 30.5 Å². The molecule has 0 saturated heterocycles. The molecular formula is C16H15BrF2IN. The van der Waals surface area contributed by atoms with Gasteiger partial charge in [-0.15, -0.1) is 0 Å². The van der Waals surface area contributed by atoms with Crippen LogP contribution in [0.4, 0.5) is 8.78 Å². The van der Waals surface area contributed by atoms with Crippen molar-refractivity contribution >= 4 is 38.5 Å². The number of halogens is 4. The molecule has 21 heavy (non-hydrogen) atoms. The molecule has 0 bridgehead atoms. The van der Waals surface area contributed by atoms with Crippen LogP contribution in [-0.4, -0.2) is 6.54 Å². The summed E-state index contributed by atoms with van der Waals surface area (Å²) >= 11 is 5.65. The lowest BCUT2D eigenvalue weighted by molar-refractivity contribution is 0.534. The van der Waals surface area contributed by atoms with Crippen molar-refractivity contribution in [1.29, 1.82) is 0 Å². The summed E-state index contributed by atoms with van der Waals surface area (Å²) in [4.78, 5) is 0. The zero-order valence-electron chi connectivity index (χ0n) is 11.5. The van der Waals surface area contributed by atoms with Gasteiger partial charge in [0.2, 0.25) is 0 Å². The summed E-state index contributed by atoms with van der Waals surface area (Å²) in [5.41, 5.74) is 1.27. The highest BCUT2D eigenvalue weighted by molar-refractivity contribution is 14.1. The van der Waals surface area contributed by atoms with Crippen LogP contribution in [0.25, 0.3) is 0 Å². The quantitative estimate of drug-likeness (QED) is 0.581. The maximum Gasteiger partial charge on any atom is 0.128 e. The van der Waals surface area contributed by atoms with Crippen molar-refractivity contribution in [3.63, 3.8) is 0 Å². The third kappa shape index (κ3) is 4.23. The number of nitrogens with one attached hydrogen (secondary N) is 1. The minimum atomic E-state index is -0.431. The molecule has 2 rings (SSSR count). The number of rotatable bonds is 5. The van der Waals surface area contributed by atoms with Crippen molar-refractivity contribution in [3.8, 4) is 0 Å². The van der Waals surface area contributed by atoms with Gasteiger partial charge in [0.05, 0.1) is 6.04 Å². The first kappa shape index (κ1) is 16.8. The van der Waals surface area contributed by atoms with E-state index in [1.807, 2.05) is 25.1 Å². The fourth-order valence-electron chi connectivity index (χ4n) is 2.15. The third-order valence-corrected chi connectivity index (χ3v) is 4.61. The summed E-state index contributed by atoms with van der Waals surface area (Å²) in [5.74, 6) is -0.833. The first-order chi connectivity index (χ1) is 10.0. The molecule has 0 spiro atoms. The van der Waals surface area contributed by atoms with E-state index in [1.54, 1.807) is 0 Å². The molecule has 112 valence electrons. The zero-order valence-corrected chi connectivity index (χ0v) is 15.2. The Bertz CT molecular complexity index is 582. The van der Waals surface area contributed by atoms with E-state index in [1.165, 1.54) is 12.1 Å². The van der Waals surface area contributed by atoms with E-state index in [4.69, 9.17) is 0 Å². The standard InChI is InChI=1S/C16H15BrF2IN/c1-2-7-21-16(12-9-11(18)4-5-14(12)19)13-8-10(17)3-6-15(13)20/h3-6,8-9,16,21H,2,7H2,1H3. The fourth-order valence-corrected chi connectivity index (χ4v) is 3.17. The number of hydrogen-bond donors (Lipinski definition) is 1. The number of benzene rings is 2. The van der Waals surface area contributed by atoms with Gasteiger partial charge in [-0.3, -0.25) is 0 Å². The number of hydrogen-bond acceptors (Lipinski definition) is 1. The third-order valence-electron chi connectivity index (χ3n) is 3.14. The predicted molar refractivity (Wildman–Crippen MR) is 93.4 cm³/mol. The summed E-state index contributed by atoms with van der Waals surface area (Å²) in [6, 6.07) is 9.05. The lowest BCUT2D eigenvalue weighted by Gasteiger charge is -2.22. The molecule has 5 heteroatoms. The van der Waals surface area contributed by atoms with E-state index in [2.05, 4.69) is 43.8 Å². The Morgan fingerprint density at radius 2 is 1.90 bits per heavy atom. The van der Waals surface area contributed by atoms with Gasteiger partial charge < -0.3 is 5.32 Å². The van der Waals surface area contributed by atoms with Crippen LogP contribution in [0.3, 0.4) is 0 Å². The van der Waals surface area contributed by atoms with Crippen molar-refractivity contribution in [1.82, 2.24) is 5.32 Å². The van der Waals surface area contributed by atoms with Crippen LogP contribution < -0.4 is 5.32 Å². The van der Waals surface area contributed by atoms with E-state index in [-0.39, 0.29) is 6.04 Å². The second-order valence-electron chi connectivity index (χ2n) is 4.72. The summed E-state index contributed by atoms with van der Waals surface area (Å²) in [7, 11) is 0. The van der Waals surface area contributed by atoms with E-state index in [9.17, 15) is 8.78 Å². The van der Waals surface area contributed by atoms with E-state index < -0.39 is 11.6 Å². The topological polar surface area (TPSA) is 12.0 Å². The minimum absolute atomic E-state index is 0.333. The van der Waals surface area contributed by atoms with Crippen LogP contribution in [0.15, 0.2) is 40.9 Å². The van der Waals surface area contributed by atoms with Gasteiger partial charge in [0.15, 0.2) is 0 Å². The molecule has 1 atom stereocenters. The molecule has 1 nitrogen and oxygen atoms in total. The molecule has 0 aromatic heterocycles. The summed E-state index contributed by atoms with van der Waals surface area (Å²) < 4.78 is 29.6. The highest BCUT2D eigenvalue weighted by atomic mass is 127. The Hall–Kier alpha value is -0.530. The Balaban J connectivity index is 2.52. The summed E-state index contributed by atoms with van der Waals surface area (Å²) in [6.07, 6.45) is 0.915. The maximum absolute atomic E-state index is 14.1. The molecule has 2 aromatic carbocycles. The highest BCUT2D eigenvalue weighted by Crippen LogP contribution is 2.30. The van der Waals surface area contributed by atoms with Crippen LogP contribution in [0.5, 0.6) is 0 Å². The first-order valence-electron chi connectivity index (χ1n) is 6.66. The molecule has 1 unspecified atom stereocenters. The molecule has 1 N–H and O–H groups in total. The van der Waals surface area contributed by atoms with Gasteiger partial charge >= 0.3 is 0 Å². The van der Waals surface area contributed by atoms with Crippen molar-refractivity contribution in [2.24, 2.45) is 0 Å². The molecule has 0 aliphatic carbocycles. The smallest absolute Gasteiger partial charge is 0.128 e. The van der Waals surface area contributed by atoms with Crippen molar-refractivity contribution in [2.75, 3.05) is 6.54 Å². The Morgan fingerprint density at radius 1 is 1.14 bits per heavy atom. The second-order valence-corrected chi connectivity index (χ2v) is 6.80. The fraction of sp³-hybridized carbons (Fsp3) is 0.250.